The first-order chi connectivity index (χ1) is 18.7. The number of nitrogens with zero attached hydrogens (tertiary/aromatic N) is 4. The lowest BCUT2D eigenvalue weighted by Crippen LogP contribution is -2.47. The molecule has 0 aliphatic heterocycles. The van der Waals surface area contributed by atoms with E-state index < -0.39 is 35.3 Å². The van der Waals surface area contributed by atoms with Gasteiger partial charge in [0, 0.05) is 27.9 Å². The Hall–Kier alpha value is -3.27. The minimum Gasteiger partial charge on any atom is -0.476 e. The number of rotatable bonds is 8. The molecule has 0 spiro atoms. The molecule has 4 aromatic heterocycles. The van der Waals surface area contributed by atoms with Crippen molar-refractivity contribution in [2.75, 3.05) is 0 Å². The van der Waals surface area contributed by atoms with E-state index in [1.54, 1.807) is 41.5 Å². The molecule has 0 radical (unpaired) electrons. The van der Waals surface area contributed by atoms with Crippen LogP contribution in [-0.4, -0.2) is 60.3 Å². The number of carboxylic acids is 1. The van der Waals surface area contributed by atoms with Crippen molar-refractivity contribution >= 4 is 63.4 Å². The summed E-state index contributed by atoms with van der Waals surface area (Å²) in [5.74, 6) is -1.66. The Morgan fingerprint density at radius 2 is 1.27 bits per heavy atom. The monoisotopic (exact) mass is 621 g/mol. The van der Waals surface area contributed by atoms with Crippen LogP contribution in [0, 0.1) is 0 Å². The van der Waals surface area contributed by atoms with Gasteiger partial charge < -0.3 is 19.9 Å². The summed E-state index contributed by atoms with van der Waals surface area (Å²) in [6, 6.07) is -0.985. The molecule has 1 amide bonds. The van der Waals surface area contributed by atoms with Gasteiger partial charge in [-0.2, -0.15) is 0 Å². The van der Waals surface area contributed by atoms with Gasteiger partial charge in [-0.1, -0.05) is 0 Å². The van der Waals surface area contributed by atoms with E-state index in [0.717, 1.165) is 0 Å². The Bertz CT molecular complexity index is 1520. The van der Waals surface area contributed by atoms with E-state index in [2.05, 4.69) is 25.3 Å². The van der Waals surface area contributed by atoms with Crippen molar-refractivity contribution in [2.45, 2.75) is 65.2 Å². The Morgan fingerprint density at radius 1 is 0.775 bits per heavy atom. The lowest BCUT2D eigenvalue weighted by Gasteiger charge is -2.25. The molecule has 0 bridgehead atoms. The largest absolute Gasteiger partial charge is 0.476 e. The molecule has 212 valence electrons. The van der Waals surface area contributed by atoms with E-state index in [-0.39, 0.29) is 12.1 Å². The Balaban J connectivity index is 1.48. The van der Waals surface area contributed by atoms with Crippen molar-refractivity contribution in [1.29, 1.82) is 0 Å². The molecule has 2 N–H and O–H groups in total. The molecular formula is C25H27N5O6S4. The van der Waals surface area contributed by atoms with Crippen molar-refractivity contribution in [1.82, 2.24) is 25.3 Å². The van der Waals surface area contributed by atoms with Gasteiger partial charge in [0.1, 0.15) is 49.3 Å². The minimum atomic E-state index is -1.08. The van der Waals surface area contributed by atoms with Crippen molar-refractivity contribution in [3.63, 3.8) is 0 Å². The fourth-order valence-corrected chi connectivity index (χ4v) is 6.49. The van der Waals surface area contributed by atoms with Crippen LogP contribution in [0.25, 0.3) is 32.1 Å². The molecule has 1 atom stereocenters. The second-order valence-corrected chi connectivity index (χ2v) is 14.0. The van der Waals surface area contributed by atoms with E-state index in [0.29, 0.717) is 37.1 Å². The first-order valence-corrected chi connectivity index (χ1v) is 15.5. The topological polar surface area (TPSA) is 153 Å². The number of carbonyl (C=O) groups is 3. The minimum absolute atomic E-state index is 0.0139. The molecule has 0 saturated carbocycles. The average Bonchev–Trinajstić information content (AvgIpc) is 3.62. The van der Waals surface area contributed by atoms with Gasteiger partial charge in [-0.3, -0.25) is 0 Å². The van der Waals surface area contributed by atoms with E-state index in [1.807, 2.05) is 16.1 Å². The van der Waals surface area contributed by atoms with Crippen molar-refractivity contribution in [3.8, 4) is 32.1 Å². The number of aromatic carboxylic acids is 1. The van der Waals surface area contributed by atoms with Crippen LogP contribution in [0.4, 0.5) is 4.79 Å². The third-order valence-electron chi connectivity index (χ3n) is 4.70. The van der Waals surface area contributed by atoms with Gasteiger partial charge in [0.15, 0.2) is 5.69 Å². The normalized spacial score (nSPS) is 12.7. The molecule has 4 rings (SSSR count). The van der Waals surface area contributed by atoms with E-state index in [1.165, 1.54) is 50.7 Å². The van der Waals surface area contributed by atoms with Crippen molar-refractivity contribution < 1.29 is 29.0 Å². The smallest absolute Gasteiger partial charge is 0.408 e. The van der Waals surface area contributed by atoms with E-state index in [4.69, 9.17) is 14.6 Å². The van der Waals surface area contributed by atoms with Crippen LogP contribution in [-0.2, 0) is 20.7 Å². The van der Waals surface area contributed by atoms with Gasteiger partial charge in [-0.15, -0.1) is 45.3 Å². The molecule has 0 fully saturated rings. The summed E-state index contributed by atoms with van der Waals surface area (Å²) < 4.78 is 10.8. The number of hydrogen-bond acceptors (Lipinski definition) is 13. The standard InChI is InChI=1S/C25H27N5O6S4/c1-24(2,3)35-22(33)12(30-23(34)36-25(4,5)6)7-17-26-13(8-37-17)18-27-14(9-38-18)19-28-15(10-39-19)20-29-16(11-40-20)21(31)32/h8-12H,7H2,1-6H3,(H,30,34)(H,31,32). The van der Waals surface area contributed by atoms with Gasteiger partial charge in [-0.25, -0.2) is 34.3 Å². The number of carboxylic acid groups (broad SMARTS) is 1. The molecule has 0 aromatic carbocycles. The fraction of sp³-hybridized carbons (Fsp3) is 0.400. The number of alkyl carbamates (subject to hydrolysis) is 1. The Kier molecular flexibility index (Phi) is 8.68. The molecule has 4 aromatic rings. The number of amides is 1. The molecule has 11 nitrogen and oxygen atoms in total. The Labute approximate surface area is 246 Å². The predicted molar refractivity (Wildman–Crippen MR) is 155 cm³/mol. The maximum Gasteiger partial charge on any atom is 0.408 e. The van der Waals surface area contributed by atoms with E-state index >= 15 is 0 Å². The second-order valence-electron chi connectivity index (χ2n) is 10.5. The summed E-state index contributed by atoms with van der Waals surface area (Å²) in [5.41, 5.74) is 0.427. The summed E-state index contributed by atoms with van der Waals surface area (Å²) in [6.07, 6.45) is -0.594. The van der Waals surface area contributed by atoms with Gasteiger partial charge in [0.05, 0.1) is 5.01 Å². The van der Waals surface area contributed by atoms with Gasteiger partial charge in [0.25, 0.3) is 0 Å². The van der Waals surface area contributed by atoms with Crippen molar-refractivity contribution in [3.05, 3.63) is 32.2 Å². The highest BCUT2D eigenvalue weighted by atomic mass is 32.1. The molecule has 1 unspecified atom stereocenters. The molecule has 15 heteroatoms. The Morgan fingerprint density at radius 3 is 1.80 bits per heavy atom. The predicted octanol–water partition coefficient (Wildman–Crippen LogP) is 5.99. The number of hydrogen-bond donors (Lipinski definition) is 2. The van der Waals surface area contributed by atoms with Crippen molar-refractivity contribution in [2.24, 2.45) is 0 Å². The number of thiazole rings is 4. The SMILES string of the molecule is CC(C)(C)OC(=O)NC(Cc1nc(-c2nc(-c3nc(-c4nc(C(=O)O)cs4)cs3)cs2)cs1)C(=O)OC(C)(C)C. The number of ether oxygens (including phenoxy) is 2. The van der Waals surface area contributed by atoms with Crippen LogP contribution in [0.1, 0.15) is 57.0 Å². The summed E-state index contributed by atoms with van der Waals surface area (Å²) in [7, 11) is 0. The molecule has 0 aliphatic rings. The lowest BCUT2D eigenvalue weighted by molar-refractivity contribution is -0.157. The van der Waals surface area contributed by atoms with Gasteiger partial charge in [-0.05, 0) is 41.5 Å². The van der Waals surface area contributed by atoms with E-state index in [9.17, 15) is 14.4 Å². The third-order valence-corrected chi connectivity index (χ3v) is 8.17. The first kappa shape index (κ1) is 29.7. The van der Waals surface area contributed by atoms with Crippen LogP contribution < -0.4 is 5.32 Å². The van der Waals surface area contributed by atoms with Crippen LogP contribution in [0.5, 0.6) is 0 Å². The first-order valence-electron chi connectivity index (χ1n) is 11.9. The number of carbonyl (C=O) groups excluding carboxylic acids is 2. The average molecular weight is 622 g/mol. The summed E-state index contributed by atoms with van der Waals surface area (Å²) >= 11 is 5.35. The zero-order valence-electron chi connectivity index (χ0n) is 22.5. The summed E-state index contributed by atoms with van der Waals surface area (Å²) in [4.78, 5) is 54.4. The highest BCUT2D eigenvalue weighted by molar-refractivity contribution is 7.16. The molecule has 40 heavy (non-hydrogen) atoms. The number of aromatic nitrogens is 4. The molecular weight excluding hydrogens is 595 g/mol. The summed E-state index contributed by atoms with van der Waals surface area (Å²) in [5, 5.41) is 21.2. The van der Waals surface area contributed by atoms with Crippen LogP contribution >= 0.6 is 45.3 Å². The lowest BCUT2D eigenvalue weighted by atomic mass is 10.1. The van der Waals surface area contributed by atoms with Gasteiger partial charge in [0.2, 0.25) is 0 Å². The van der Waals surface area contributed by atoms with Crippen LogP contribution in [0.15, 0.2) is 21.5 Å². The van der Waals surface area contributed by atoms with Crippen LogP contribution in [0.2, 0.25) is 0 Å². The molecule has 0 aliphatic carbocycles. The molecule has 0 saturated heterocycles. The second kappa shape index (κ2) is 11.7. The highest BCUT2D eigenvalue weighted by Crippen LogP contribution is 2.34. The highest BCUT2D eigenvalue weighted by Gasteiger charge is 2.30. The maximum atomic E-state index is 12.9. The molecule has 4 heterocycles. The van der Waals surface area contributed by atoms with Gasteiger partial charge >= 0.3 is 18.0 Å². The quantitative estimate of drug-likeness (QED) is 0.224. The third kappa shape index (κ3) is 7.90. The fourth-order valence-electron chi connectivity index (χ4n) is 3.16. The summed E-state index contributed by atoms with van der Waals surface area (Å²) in [6.45, 7) is 10.5. The van der Waals surface area contributed by atoms with Crippen LogP contribution in [0.3, 0.4) is 0 Å². The zero-order chi connectivity index (χ0) is 29.2. The maximum absolute atomic E-state index is 12.9. The zero-order valence-corrected chi connectivity index (χ0v) is 25.8. The number of esters is 1. The number of nitrogens with one attached hydrogen (secondary N) is 1.